The molecule has 112 valence electrons. The van der Waals surface area contributed by atoms with Crippen molar-refractivity contribution in [1.82, 2.24) is 5.32 Å². The maximum absolute atomic E-state index is 11.5. The molecule has 19 heavy (non-hydrogen) atoms. The summed E-state index contributed by atoms with van der Waals surface area (Å²) in [6, 6.07) is 0. The number of carbonyl (C=O) groups excluding carboxylic acids is 2. The van der Waals surface area contributed by atoms with Crippen molar-refractivity contribution in [3.63, 3.8) is 0 Å². The summed E-state index contributed by atoms with van der Waals surface area (Å²) in [5, 5.41) is 2.75. The molecular weight excluding hydrogens is 242 g/mol. The van der Waals surface area contributed by atoms with Gasteiger partial charge in [-0.15, -0.1) is 0 Å². The lowest BCUT2D eigenvalue weighted by Crippen LogP contribution is -2.26. The van der Waals surface area contributed by atoms with E-state index in [4.69, 9.17) is 4.74 Å². The smallest absolute Gasteiger partial charge is 0.307 e. The number of rotatable bonds is 11. The first-order valence-corrected chi connectivity index (χ1v) is 7.48. The predicted molar refractivity (Wildman–Crippen MR) is 76.8 cm³/mol. The number of amides is 1. The van der Waals surface area contributed by atoms with E-state index in [1.807, 2.05) is 13.8 Å². The summed E-state index contributed by atoms with van der Waals surface area (Å²) in [6.07, 6.45) is 6.51. The molecule has 0 aliphatic carbocycles. The van der Waals surface area contributed by atoms with Crippen molar-refractivity contribution in [1.29, 1.82) is 0 Å². The minimum absolute atomic E-state index is 0.0353. The quantitative estimate of drug-likeness (QED) is 0.464. The third-order valence-electron chi connectivity index (χ3n) is 2.74. The molecule has 1 amide bonds. The van der Waals surface area contributed by atoms with Crippen LogP contribution >= 0.6 is 0 Å². The molecule has 0 bridgehead atoms. The van der Waals surface area contributed by atoms with E-state index < -0.39 is 0 Å². The number of hydrogen-bond acceptors (Lipinski definition) is 3. The molecule has 0 radical (unpaired) electrons. The molecular formula is C15H29NO3. The molecule has 1 N–H and O–H groups in total. The standard InChI is InChI=1S/C15H29NO3/c1-4-5-6-7-8-9-14(17)16-11-10-15(18)19-12-13(2)3/h13H,4-12H2,1-3H3,(H,16,17). The summed E-state index contributed by atoms with van der Waals surface area (Å²) in [5.74, 6) is 0.145. The Morgan fingerprint density at radius 1 is 1.05 bits per heavy atom. The second kappa shape index (κ2) is 12.0. The first-order valence-electron chi connectivity index (χ1n) is 7.48. The largest absolute Gasteiger partial charge is 0.465 e. The summed E-state index contributed by atoms with van der Waals surface area (Å²) in [7, 11) is 0. The fourth-order valence-electron chi connectivity index (χ4n) is 1.61. The topological polar surface area (TPSA) is 55.4 Å². The fraction of sp³-hybridized carbons (Fsp3) is 0.867. The molecule has 0 aromatic heterocycles. The number of unbranched alkanes of at least 4 members (excludes halogenated alkanes) is 4. The zero-order valence-corrected chi connectivity index (χ0v) is 12.7. The Balaban J connectivity index is 3.39. The Morgan fingerprint density at radius 3 is 2.37 bits per heavy atom. The van der Waals surface area contributed by atoms with Gasteiger partial charge in [-0.2, -0.15) is 0 Å². The summed E-state index contributed by atoms with van der Waals surface area (Å²) in [4.78, 5) is 22.7. The molecule has 0 rings (SSSR count). The van der Waals surface area contributed by atoms with Gasteiger partial charge in [-0.3, -0.25) is 9.59 Å². The normalized spacial score (nSPS) is 10.5. The van der Waals surface area contributed by atoms with Crippen LogP contribution in [0.5, 0.6) is 0 Å². The van der Waals surface area contributed by atoms with Crippen LogP contribution in [-0.4, -0.2) is 25.0 Å². The lowest BCUT2D eigenvalue weighted by molar-refractivity contribution is -0.144. The minimum atomic E-state index is -0.239. The summed E-state index contributed by atoms with van der Waals surface area (Å²) < 4.78 is 5.02. The van der Waals surface area contributed by atoms with Crippen molar-refractivity contribution < 1.29 is 14.3 Å². The van der Waals surface area contributed by atoms with Crippen molar-refractivity contribution in [2.45, 2.75) is 65.7 Å². The van der Waals surface area contributed by atoms with E-state index in [0.717, 1.165) is 12.8 Å². The highest BCUT2D eigenvalue weighted by molar-refractivity contribution is 5.76. The van der Waals surface area contributed by atoms with Gasteiger partial charge in [0.25, 0.3) is 0 Å². The van der Waals surface area contributed by atoms with Gasteiger partial charge in [0, 0.05) is 13.0 Å². The Bertz CT molecular complexity index is 252. The molecule has 4 nitrogen and oxygen atoms in total. The van der Waals surface area contributed by atoms with Crippen LogP contribution in [0.4, 0.5) is 0 Å². The molecule has 0 saturated carbocycles. The van der Waals surface area contributed by atoms with Crippen molar-refractivity contribution in [2.75, 3.05) is 13.2 Å². The zero-order chi connectivity index (χ0) is 14.5. The Labute approximate surface area is 117 Å². The van der Waals surface area contributed by atoms with Crippen LogP contribution in [0.3, 0.4) is 0 Å². The molecule has 0 fully saturated rings. The molecule has 0 atom stereocenters. The lowest BCUT2D eigenvalue weighted by Gasteiger charge is -2.08. The van der Waals surface area contributed by atoms with E-state index in [9.17, 15) is 9.59 Å². The van der Waals surface area contributed by atoms with Crippen LogP contribution in [0, 0.1) is 5.92 Å². The molecule has 0 saturated heterocycles. The lowest BCUT2D eigenvalue weighted by atomic mass is 10.1. The van der Waals surface area contributed by atoms with Crippen LogP contribution in [-0.2, 0) is 14.3 Å². The Morgan fingerprint density at radius 2 is 1.74 bits per heavy atom. The molecule has 0 heterocycles. The van der Waals surface area contributed by atoms with Crippen molar-refractivity contribution in [2.24, 2.45) is 5.92 Å². The molecule has 0 unspecified atom stereocenters. The van der Waals surface area contributed by atoms with Crippen molar-refractivity contribution >= 4 is 11.9 Å². The predicted octanol–water partition coefficient (Wildman–Crippen LogP) is 3.05. The van der Waals surface area contributed by atoms with Crippen LogP contribution in [0.25, 0.3) is 0 Å². The number of nitrogens with one attached hydrogen (secondary N) is 1. The average Bonchev–Trinajstić information content (AvgIpc) is 2.36. The van der Waals surface area contributed by atoms with Crippen LogP contribution in [0.2, 0.25) is 0 Å². The van der Waals surface area contributed by atoms with Crippen LogP contribution < -0.4 is 5.32 Å². The molecule has 0 spiro atoms. The molecule has 4 heteroatoms. The highest BCUT2D eigenvalue weighted by Gasteiger charge is 2.06. The third kappa shape index (κ3) is 13.2. The van der Waals surface area contributed by atoms with Crippen molar-refractivity contribution in [3.8, 4) is 0 Å². The van der Waals surface area contributed by atoms with Gasteiger partial charge < -0.3 is 10.1 Å². The number of esters is 1. The maximum Gasteiger partial charge on any atom is 0.307 e. The zero-order valence-electron chi connectivity index (χ0n) is 12.7. The van der Waals surface area contributed by atoms with E-state index in [-0.39, 0.29) is 18.3 Å². The van der Waals surface area contributed by atoms with Gasteiger partial charge in [0.05, 0.1) is 13.0 Å². The monoisotopic (exact) mass is 271 g/mol. The summed E-state index contributed by atoms with van der Waals surface area (Å²) in [6.45, 7) is 6.99. The van der Waals surface area contributed by atoms with E-state index in [2.05, 4.69) is 12.2 Å². The first-order chi connectivity index (χ1) is 9.06. The minimum Gasteiger partial charge on any atom is -0.465 e. The summed E-state index contributed by atoms with van der Waals surface area (Å²) in [5.41, 5.74) is 0. The average molecular weight is 271 g/mol. The summed E-state index contributed by atoms with van der Waals surface area (Å²) >= 11 is 0. The first kappa shape index (κ1) is 17.9. The number of hydrogen-bond donors (Lipinski definition) is 1. The van der Waals surface area contributed by atoms with E-state index >= 15 is 0 Å². The molecule has 0 aromatic rings. The second-order valence-corrected chi connectivity index (χ2v) is 5.34. The molecule has 0 aromatic carbocycles. The van der Waals surface area contributed by atoms with Crippen LogP contribution in [0.1, 0.15) is 65.7 Å². The highest BCUT2D eigenvalue weighted by atomic mass is 16.5. The maximum atomic E-state index is 11.5. The Hall–Kier alpha value is -1.06. The van der Waals surface area contributed by atoms with Gasteiger partial charge >= 0.3 is 5.97 Å². The SMILES string of the molecule is CCCCCCCC(=O)NCCC(=O)OCC(C)C. The number of carbonyl (C=O) groups is 2. The fourth-order valence-corrected chi connectivity index (χ4v) is 1.61. The van der Waals surface area contributed by atoms with Gasteiger partial charge in [-0.25, -0.2) is 0 Å². The van der Waals surface area contributed by atoms with E-state index in [1.54, 1.807) is 0 Å². The van der Waals surface area contributed by atoms with E-state index in [0.29, 0.717) is 25.5 Å². The second-order valence-electron chi connectivity index (χ2n) is 5.34. The number of ether oxygens (including phenoxy) is 1. The molecule has 0 aliphatic rings. The van der Waals surface area contributed by atoms with E-state index in [1.165, 1.54) is 19.3 Å². The van der Waals surface area contributed by atoms with Crippen LogP contribution in [0.15, 0.2) is 0 Å². The Kier molecular flexibility index (Phi) is 11.3. The van der Waals surface area contributed by atoms with Gasteiger partial charge in [0.15, 0.2) is 0 Å². The molecule has 0 aliphatic heterocycles. The van der Waals surface area contributed by atoms with Gasteiger partial charge in [0.2, 0.25) is 5.91 Å². The van der Waals surface area contributed by atoms with Gasteiger partial charge in [-0.1, -0.05) is 46.5 Å². The van der Waals surface area contributed by atoms with Crippen molar-refractivity contribution in [3.05, 3.63) is 0 Å². The van der Waals surface area contributed by atoms with Gasteiger partial charge in [0.1, 0.15) is 0 Å². The third-order valence-corrected chi connectivity index (χ3v) is 2.74. The highest BCUT2D eigenvalue weighted by Crippen LogP contribution is 2.04. The van der Waals surface area contributed by atoms with Gasteiger partial charge in [-0.05, 0) is 12.3 Å².